The number of nitrogens with zero attached hydrogens (tertiary/aromatic N) is 4. The maximum Gasteiger partial charge on any atom is 0.226 e. The topological polar surface area (TPSA) is 13.0 Å². The van der Waals surface area contributed by atoms with Crippen molar-refractivity contribution in [3.05, 3.63) is 215 Å². The van der Waals surface area contributed by atoms with Crippen LogP contribution in [-0.2, 0) is 0 Å². The minimum Gasteiger partial charge on any atom is -0.287 e. The maximum absolute atomic E-state index is 3.17. The summed E-state index contributed by atoms with van der Waals surface area (Å²) in [5.41, 5.74) is 8.67. The van der Waals surface area contributed by atoms with Gasteiger partial charge >= 0.3 is 0 Å². The van der Waals surface area contributed by atoms with Gasteiger partial charge in [0.25, 0.3) is 0 Å². The third-order valence-corrected chi connectivity index (χ3v) is 28.5. The van der Waals surface area contributed by atoms with Gasteiger partial charge in [-0.25, -0.2) is 0 Å². The highest BCUT2D eigenvalue weighted by atomic mass is 28.4. The fourth-order valence-corrected chi connectivity index (χ4v) is 32.2. The number of hydrogen-bond acceptors (Lipinski definition) is 4. The summed E-state index contributed by atoms with van der Waals surface area (Å²) in [6.45, 7) is 30.3. The molecule has 0 radical (unpaired) electrons. The molecule has 2 spiro atoms. The van der Waals surface area contributed by atoms with E-state index in [2.05, 4.69) is 283 Å². The zero-order valence-corrected chi connectivity index (χ0v) is 42.6. The average Bonchev–Trinajstić information content (AvgIpc) is 3.23. The lowest BCUT2D eigenvalue weighted by molar-refractivity contribution is -0.0781. The van der Waals surface area contributed by atoms with Crippen molar-refractivity contribution in [3.8, 4) is 0 Å². The quantitative estimate of drug-likeness (QED) is 0.155. The third kappa shape index (κ3) is 6.89. The standard InChI is InChI=1S/C58H72N4Si2/c1-55(2,3)59-53(47-39-27-17-28-40-47)60(56(4,5)6)63(59)49(43-31-19-13-20-32-43)51(45-35-23-15-24-36-45)64(52(46-37-25-16-26-38-46)50(63)44-33-21-14-22-34-44)61(57(7,8)9)54(62(64)58(10,11)12)48-41-29-18-30-42-48/h13-42,49-54H,1-12H3. The summed E-state index contributed by atoms with van der Waals surface area (Å²) in [6, 6.07) is 70.8. The predicted molar refractivity (Wildman–Crippen MR) is 273 cm³/mol. The molecule has 332 valence electrons. The van der Waals surface area contributed by atoms with Crippen LogP contribution in [0.5, 0.6) is 0 Å². The molecular formula is C58H72N4Si2. The molecule has 64 heavy (non-hydrogen) atoms. The largest absolute Gasteiger partial charge is 0.287 e. The Morgan fingerprint density at radius 1 is 0.250 bits per heavy atom. The van der Waals surface area contributed by atoms with Gasteiger partial charge in [-0.3, -0.25) is 18.3 Å². The van der Waals surface area contributed by atoms with Gasteiger partial charge in [0.1, 0.15) is 0 Å². The highest BCUT2D eigenvalue weighted by Crippen LogP contribution is 2.76. The molecule has 3 saturated heterocycles. The van der Waals surface area contributed by atoms with E-state index in [9.17, 15) is 0 Å². The first-order chi connectivity index (χ1) is 30.4. The molecule has 0 aromatic heterocycles. The number of rotatable bonds is 6. The van der Waals surface area contributed by atoms with E-state index < -0.39 is 16.8 Å². The van der Waals surface area contributed by atoms with Crippen LogP contribution in [0.15, 0.2) is 182 Å². The summed E-state index contributed by atoms with van der Waals surface area (Å²) in [5, 5.41) is 0. The fraction of sp³-hybridized carbons (Fsp3) is 0.379. The summed E-state index contributed by atoms with van der Waals surface area (Å²) in [7, 11) is -6.28. The van der Waals surface area contributed by atoms with E-state index >= 15 is 0 Å². The minimum absolute atomic E-state index is 0.102. The van der Waals surface area contributed by atoms with Gasteiger partial charge in [-0.2, -0.15) is 0 Å². The van der Waals surface area contributed by atoms with E-state index in [0.717, 1.165) is 0 Å². The number of benzene rings is 6. The highest BCUT2D eigenvalue weighted by molar-refractivity contribution is 6.90. The molecule has 3 aliphatic rings. The van der Waals surface area contributed by atoms with Crippen LogP contribution in [0.3, 0.4) is 0 Å². The SMILES string of the molecule is CC(C)(C)N1C(c2ccccc2)N(C(C)(C)C)[Si]12C(c1ccccc1)C(c1ccccc1)[Si]1(C(c3ccccc3)C2c2ccccc2)N(C(C)(C)C)C(c2ccccc2)N1C(C)(C)C. The monoisotopic (exact) mass is 881 g/mol. The molecule has 6 aromatic rings. The zero-order chi connectivity index (χ0) is 45.5. The lowest BCUT2D eigenvalue weighted by Crippen LogP contribution is -2.98. The Morgan fingerprint density at radius 2 is 0.406 bits per heavy atom. The molecule has 4 unspecified atom stereocenters. The van der Waals surface area contributed by atoms with Crippen molar-refractivity contribution in [3.63, 3.8) is 0 Å². The van der Waals surface area contributed by atoms with Gasteiger partial charge in [-0.05, 0) is 116 Å². The van der Waals surface area contributed by atoms with Gasteiger partial charge in [-0.1, -0.05) is 182 Å². The van der Waals surface area contributed by atoms with Crippen molar-refractivity contribution in [1.29, 1.82) is 0 Å². The molecule has 3 heterocycles. The first-order valence-corrected chi connectivity index (χ1v) is 27.9. The molecule has 0 bridgehead atoms. The fourth-order valence-electron chi connectivity index (χ4n) is 13.6. The first kappa shape index (κ1) is 44.8. The Hall–Kier alpha value is -4.41. The van der Waals surface area contributed by atoms with Crippen LogP contribution in [0, 0.1) is 0 Å². The molecular weight excluding hydrogens is 809 g/mol. The average molecular weight is 881 g/mol. The van der Waals surface area contributed by atoms with Crippen LogP contribution in [0.4, 0.5) is 0 Å². The number of hydrogen-bond donors (Lipinski definition) is 0. The van der Waals surface area contributed by atoms with Crippen LogP contribution >= 0.6 is 0 Å². The molecule has 4 atom stereocenters. The smallest absolute Gasteiger partial charge is 0.226 e. The van der Waals surface area contributed by atoms with Crippen molar-refractivity contribution in [2.24, 2.45) is 0 Å². The van der Waals surface area contributed by atoms with Crippen LogP contribution in [0.1, 0.15) is 151 Å². The molecule has 0 aliphatic carbocycles. The molecule has 6 heteroatoms. The minimum atomic E-state index is -3.14. The van der Waals surface area contributed by atoms with Crippen molar-refractivity contribution < 1.29 is 0 Å². The first-order valence-electron chi connectivity index (χ1n) is 23.8. The molecule has 3 aliphatic heterocycles. The van der Waals surface area contributed by atoms with Crippen molar-refractivity contribution >= 4 is 16.8 Å². The van der Waals surface area contributed by atoms with Gasteiger partial charge in [0.2, 0.25) is 16.8 Å². The second-order valence-electron chi connectivity index (χ2n) is 22.9. The second kappa shape index (κ2) is 16.2. The summed E-state index contributed by atoms with van der Waals surface area (Å²) in [6.07, 6.45) is 0.203. The summed E-state index contributed by atoms with van der Waals surface area (Å²) in [5.74, 6) is 0. The molecule has 9 rings (SSSR count). The Kier molecular flexibility index (Phi) is 11.3. The van der Waals surface area contributed by atoms with Crippen molar-refractivity contribution in [2.75, 3.05) is 0 Å². The molecule has 0 saturated carbocycles. The van der Waals surface area contributed by atoms with Gasteiger partial charge in [0.15, 0.2) is 0 Å². The maximum atomic E-state index is 3.17. The third-order valence-electron chi connectivity index (χ3n) is 14.7. The molecule has 3 fully saturated rings. The zero-order valence-electron chi connectivity index (χ0n) is 40.6. The molecule has 6 aromatic carbocycles. The van der Waals surface area contributed by atoms with E-state index in [0.29, 0.717) is 0 Å². The van der Waals surface area contributed by atoms with Gasteiger partial charge in [-0.15, -0.1) is 0 Å². The van der Waals surface area contributed by atoms with E-state index in [-0.39, 0.29) is 56.7 Å². The van der Waals surface area contributed by atoms with Crippen LogP contribution in [-0.4, -0.2) is 57.2 Å². The summed E-state index contributed by atoms with van der Waals surface area (Å²) < 4.78 is 12.7. The van der Waals surface area contributed by atoms with Crippen molar-refractivity contribution in [1.82, 2.24) is 18.3 Å². The van der Waals surface area contributed by atoms with E-state index in [1.54, 1.807) is 0 Å². The van der Waals surface area contributed by atoms with Gasteiger partial charge in [0.05, 0.1) is 12.3 Å². The van der Waals surface area contributed by atoms with Gasteiger partial charge in [0, 0.05) is 44.3 Å². The Morgan fingerprint density at radius 3 is 0.562 bits per heavy atom. The summed E-state index contributed by atoms with van der Waals surface area (Å²) in [4.78, 5) is 0. The van der Waals surface area contributed by atoms with Crippen molar-refractivity contribution in [2.45, 2.75) is 140 Å². The molecule has 4 nitrogen and oxygen atoms in total. The van der Waals surface area contributed by atoms with Gasteiger partial charge < -0.3 is 0 Å². The summed E-state index contributed by atoms with van der Waals surface area (Å²) >= 11 is 0. The van der Waals surface area contributed by atoms with E-state index in [4.69, 9.17) is 0 Å². The molecule has 0 amide bonds. The van der Waals surface area contributed by atoms with E-state index in [1.165, 1.54) is 33.4 Å². The predicted octanol–water partition coefficient (Wildman–Crippen LogP) is 14.0. The second-order valence-corrected chi connectivity index (χ2v) is 30.4. The lowest BCUT2D eigenvalue weighted by Gasteiger charge is -2.85. The Labute approximate surface area is 388 Å². The Balaban J connectivity index is 1.55. The van der Waals surface area contributed by atoms with Crippen LogP contribution < -0.4 is 0 Å². The lowest BCUT2D eigenvalue weighted by atomic mass is 9.99. The molecule has 0 N–H and O–H groups in total. The van der Waals surface area contributed by atoms with Crippen LogP contribution in [0.25, 0.3) is 0 Å². The van der Waals surface area contributed by atoms with Crippen LogP contribution in [0.2, 0.25) is 0 Å². The van der Waals surface area contributed by atoms with E-state index in [1.807, 2.05) is 0 Å². The Bertz CT molecular complexity index is 2170. The normalized spacial score (nSPS) is 28.5. The highest BCUT2D eigenvalue weighted by Gasteiger charge is 2.86.